The van der Waals surface area contributed by atoms with E-state index in [2.05, 4.69) is 15.6 Å². The van der Waals surface area contributed by atoms with Crippen molar-refractivity contribution in [2.45, 2.75) is 13.2 Å². The number of hydrogen-bond donors (Lipinski definition) is 2. The van der Waals surface area contributed by atoms with Crippen molar-refractivity contribution in [1.82, 2.24) is 15.0 Å². The number of aliphatic hydroxyl groups is 1. The zero-order valence-corrected chi connectivity index (χ0v) is 10.4. The molecule has 1 aromatic heterocycles. The third-order valence-electron chi connectivity index (χ3n) is 2.43. The van der Waals surface area contributed by atoms with Crippen molar-refractivity contribution in [3.63, 3.8) is 0 Å². The predicted molar refractivity (Wildman–Crippen MR) is 67.6 cm³/mol. The van der Waals surface area contributed by atoms with Crippen molar-refractivity contribution in [2.75, 3.05) is 12.4 Å². The number of carbonyl (C=O) groups is 1. The van der Waals surface area contributed by atoms with Gasteiger partial charge in [-0.05, 0) is 24.3 Å². The fourth-order valence-corrected chi connectivity index (χ4v) is 1.51. The fourth-order valence-electron chi connectivity index (χ4n) is 1.51. The number of anilines is 1. The smallest absolute Gasteiger partial charge is 0.246 e. The molecule has 0 aliphatic carbocycles. The van der Waals surface area contributed by atoms with Gasteiger partial charge in [0, 0.05) is 5.69 Å². The Kier molecular flexibility index (Phi) is 4.09. The van der Waals surface area contributed by atoms with E-state index < -0.39 is 0 Å². The summed E-state index contributed by atoms with van der Waals surface area (Å²) in [6.07, 6.45) is 1.52. The quantitative estimate of drug-likeness (QED) is 0.815. The molecule has 0 unspecified atom stereocenters. The number of nitrogens with zero attached hydrogens (tertiary/aromatic N) is 3. The first-order chi connectivity index (χ1) is 9.21. The van der Waals surface area contributed by atoms with Crippen LogP contribution < -0.4 is 10.1 Å². The molecule has 0 spiro atoms. The van der Waals surface area contributed by atoms with Crippen LogP contribution in [0.5, 0.6) is 5.75 Å². The SMILES string of the molecule is COc1ccc(NC(=O)Cn2cc(CO)nn2)cc1. The maximum Gasteiger partial charge on any atom is 0.246 e. The normalized spacial score (nSPS) is 10.2. The molecule has 1 aromatic carbocycles. The lowest BCUT2D eigenvalue weighted by atomic mass is 10.3. The fraction of sp³-hybridized carbons (Fsp3) is 0.250. The molecule has 0 saturated heterocycles. The number of carbonyl (C=O) groups excluding carboxylic acids is 1. The summed E-state index contributed by atoms with van der Waals surface area (Å²) in [4.78, 5) is 11.7. The van der Waals surface area contributed by atoms with Crippen molar-refractivity contribution in [1.29, 1.82) is 0 Å². The minimum atomic E-state index is -0.223. The maximum atomic E-state index is 11.7. The van der Waals surface area contributed by atoms with E-state index in [1.165, 1.54) is 10.9 Å². The third kappa shape index (κ3) is 3.52. The molecule has 1 amide bonds. The third-order valence-corrected chi connectivity index (χ3v) is 2.43. The van der Waals surface area contributed by atoms with Crippen LogP contribution in [0.1, 0.15) is 5.69 Å². The maximum absolute atomic E-state index is 11.7. The second kappa shape index (κ2) is 5.96. The number of benzene rings is 1. The number of methoxy groups -OCH3 is 1. The summed E-state index contributed by atoms with van der Waals surface area (Å²) in [6, 6.07) is 7.01. The highest BCUT2D eigenvalue weighted by atomic mass is 16.5. The van der Waals surface area contributed by atoms with E-state index in [1.807, 2.05) is 0 Å². The van der Waals surface area contributed by atoms with E-state index in [0.29, 0.717) is 11.4 Å². The first kappa shape index (κ1) is 13.0. The summed E-state index contributed by atoms with van der Waals surface area (Å²) in [7, 11) is 1.58. The molecule has 0 radical (unpaired) electrons. The molecule has 1 heterocycles. The average molecular weight is 262 g/mol. The zero-order valence-electron chi connectivity index (χ0n) is 10.4. The molecule has 0 saturated carbocycles. The molecular weight excluding hydrogens is 248 g/mol. The molecule has 2 N–H and O–H groups in total. The molecule has 7 heteroatoms. The van der Waals surface area contributed by atoms with Crippen LogP contribution in [0.3, 0.4) is 0 Å². The summed E-state index contributed by atoms with van der Waals surface area (Å²) in [5.74, 6) is 0.501. The highest BCUT2D eigenvalue weighted by Gasteiger charge is 2.06. The van der Waals surface area contributed by atoms with Crippen molar-refractivity contribution in [3.05, 3.63) is 36.2 Å². The number of ether oxygens (including phenoxy) is 1. The average Bonchev–Trinajstić information content (AvgIpc) is 2.87. The van der Waals surface area contributed by atoms with E-state index in [4.69, 9.17) is 9.84 Å². The van der Waals surface area contributed by atoms with Gasteiger partial charge in [-0.15, -0.1) is 5.10 Å². The van der Waals surface area contributed by atoms with Gasteiger partial charge in [-0.1, -0.05) is 5.21 Å². The highest BCUT2D eigenvalue weighted by molar-refractivity contribution is 5.90. The van der Waals surface area contributed by atoms with Crippen LogP contribution in [0, 0.1) is 0 Å². The zero-order chi connectivity index (χ0) is 13.7. The van der Waals surface area contributed by atoms with Gasteiger partial charge in [0.15, 0.2) is 0 Å². The van der Waals surface area contributed by atoms with E-state index in [-0.39, 0.29) is 19.1 Å². The molecule has 100 valence electrons. The predicted octanol–water partition coefficient (Wildman–Crippen LogP) is 0.418. The second-order valence-corrected chi connectivity index (χ2v) is 3.84. The Morgan fingerprint density at radius 1 is 1.42 bits per heavy atom. The van der Waals surface area contributed by atoms with Crippen molar-refractivity contribution < 1.29 is 14.6 Å². The van der Waals surface area contributed by atoms with Crippen LogP contribution in [0.2, 0.25) is 0 Å². The number of aliphatic hydroxyl groups excluding tert-OH is 1. The Morgan fingerprint density at radius 2 is 2.16 bits per heavy atom. The van der Waals surface area contributed by atoms with Gasteiger partial charge in [-0.3, -0.25) is 4.79 Å². The molecule has 0 aliphatic heterocycles. The summed E-state index contributed by atoms with van der Waals surface area (Å²) in [6.45, 7) is -0.154. The van der Waals surface area contributed by atoms with E-state index >= 15 is 0 Å². The molecule has 0 bridgehead atoms. The van der Waals surface area contributed by atoms with Crippen LogP contribution in [-0.2, 0) is 17.9 Å². The molecule has 0 aliphatic rings. The van der Waals surface area contributed by atoms with Gasteiger partial charge in [0.1, 0.15) is 18.0 Å². The van der Waals surface area contributed by atoms with Gasteiger partial charge in [-0.2, -0.15) is 0 Å². The van der Waals surface area contributed by atoms with Gasteiger partial charge in [0.25, 0.3) is 0 Å². The van der Waals surface area contributed by atoms with Gasteiger partial charge < -0.3 is 15.2 Å². The first-order valence-electron chi connectivity index (χ1n) is 5.65. The van der Waals surface area contributed by atoms with Crippen LogP contribution in [0.4, 0.5) is 5.69 Å². The van der Waals surface area contributed by atoms with Crippen LogP contribution in [0.25, 0.3) is 0 Å². The minimum Gasteiger partial charge on any atom is -0.497 e. The molecule has 0 atom stereocenters. The van der Waals surface area contributed by atoms with E-state index in [9.17, 15) is 4.79 Å². The molecule has 0 fully saturated rings. The first-order valence-corrected chi connectivity index (χ1v) is 5.65. The van der Waals surface area contributed by atoms with Crippen molar-refractivity contribution in [3.8, 4) is 5.75 Å². The largest absolute Gasteiger partial charge is 0.497 e. The molecule has 7 nitrogen and oxygen atoms in total. The van der Waals surface area contributed by atoms with Crippen LogP contribution in [0.15, 0.2) is 30.5 Å². The number of nitrogens with one attached hydrogen (secondary N) is 1. The summed E-state index contributed by atoms with van der Waals surface area (Å²) in [5, 5.41) is 19.0. The Bertz CT molecular complexity index is 550. The lowest BCUT2D eigenvalue weighted by Crippen LogP contribution is -2.19. The lowest BCUT2D eigenvalue weighted by Gasteiger charge is -2.05. The lowest BCUT2D eigenvalue weighted by molar-refractivity contribution is -0.116. The molecule has 2 rings (SSSR count). The summed E-state index contributed by atoms with van der Waals surface area (Å²) >= 11 is 0. The summed E-state index contributed by atoms with van der Waals surface area (Å²) in [5.41, 5.74) is 1.10. The second-order valence-electron chi connectivity index (χ2n) is 3.84. The highest BCUT2D eigenvalue weighted by Crippen LogP contribution is 2.14. The number of rotatable bonds is 5. The molecular formula is C12H14N4O3. The Morgan fingerprint density at radius 3 is 2.74 bits per heavy atom. The van der Waals surface area contributed by atoms with E-state index in [0.717, 1.165) is 5.75 Å². The monoisotopic (exact) mass is 262 g/mol. The number of amides is 1. The number of hydrogen-bond acceptors (Lipinski definition) is 5. The van der Waals surface area contributed by atoms with Crippen molar-refractivity contribution in [2.24, 2.45) is 0 Å². The van der Waals surface area contributed by atoms with Gasteiger partial charge in [0.2, 0.25) is 5.91 Å². The van der Waals surface area contributed by atoms with Crippen LogP contribution >= 0.6 is 0 Å². The minimum absolute atomic E-state index is 0.0407. The summed E-state index contributed by atoms with van der Waals surface area (Å²) < 4.78 is 6.39. The topological polar surface area (TPSA) is 89.3 Å². The van der Waals surface area contributed by atoms with Gasteiger partial charge in [0.05, 0.1) is 19.9 Å². The Balaban J connectivity index is 1.93. The van der Waals surface area contributed by atoms with Gasteiger partial charge >= 0.3 is 0 Å². The van der Waals surface area contributed by atoms with Gasteiger partial charge in [-0.25, -0.2) is 4.68 Å². The molecule has 19 heavy (non-hydrogen) atoms. The standard InChI is InChI=1S/C12H14N4O3/c1-19-11-4-2-9(3-5-11)13-12(18)7-16-6-10(8-17)14-15-16/h2-6,17H,7-8H2,1H3,(H,13,18). The van der Waals surface area contributed by atoms with Crippen LogP contribution in [-0.4, -0.2) is 33.1 Å². The van der Waals surface area contributed by atoms with Crippen molar-refractivity contribution >= 4 is 11.6 Å². The Hall–Kier alpha value is -2.41. The number of aromatic nitrogens is 3. The van der Waals surface area contributed by atoms with E-state index in [1.54, 1.807) is 31.4 Å². The Labute approximate surface area is 109 Å². The molecule has 2 aromatic rings.